The van der Waals surface area contributed by atoms with E-state index >= 15 is 0 Å². The molecular formula is C15H17N3O2. The summed E-state index contributed by atoms with van der Waals surface area (Å²) in [5.41, 5.74) is 2.37. The van der Waals surface area contributed by atoms with Gasteiger partial charge < -0.3 is 10.0 Å². The van der Waals surface area contributed by atoms with E-state index in [2.05, 4.69) is 35.9 Å². The van der Waals surface area contributed by atoms with E-state index in [-0.39, 0.29) is 11.7 Å². The normalized spacial score (nSPS) is 11.9. The maximum atomic E-state index is 10.8. The molecule has 0 radical (unpaired) electrons. The van der Waals surface area contributed by atoms with Crippen LogP contribution in [0.5, 0.6) is 0 Å². The van der Waals surface area contributed by atoms with Gasteiger partial charge >= 0.3 is 5.97 Å². The van der Waals surface area contributed by atoms with Crippen molar-refractivity contribution in [1.29, 1.82) is 0 Å². The first-order valence-electron chi connectivity index (χ1n) is 6.34. The third-order valence-corrected chi connectivity index (χ3v) is 3.44. The van der Waals surface area contributed by atoms with Crippen molar-refractivity contribution in [1.82, 2.24) is 9.97 Å². The van der Waals surface area contributed by atoms with Crippen molar-refractivity contribution >= 4 is 11.8 Å². The molecule has 1 unspecified atom stereocenters. The second-order valence-electron chi connectivity index (χ2n) is 4.71. The van der Waals surface area contributed by atoms with Crippen molar-refractivity contribution in [2.45, 2.75) is 19.9 Å². The summed E-state index contributed by atoms with van der Waals surface area (Å²) in [4.78, 5) is 20.8. The molecule has 0 spiro atoms. The van der Waals surface area contributed by atoms with Gasteiger partial charge in [0.15, 0.2) is 5.69 Å². The number of carboxylic acid groups (broad SMARTS) is 1. The average molecular weight is 271 g/mol. The van der Waals surface area contributed by atoms with Crippen molar-refractivity contribution in [3.8, 4) is 0 Å². The van der Waals surface area contributed by atoms with Crippen LogP contribution < -0.4 is 4.90 Å². The summed E-state index contributed by atoms with van der Waals surface area (Å²) in [6.45, 7) is 4.15. The zero-order valence-corrected chi connectivity index (χ0v) is 11.7. The van der Waals surface area contributed by atoms with Crippen LogP contribution in [0.2, 0.25) is 0 Å². The zero-order chi connectivity index (χ0) is 14.7. The number of aryl methyl sites for hydroxylation is 1. The lowest BCUT2D eigenvalue weighted by molar-refractivity contribution is 0.0690. The van der Waals surface area contributed by atoms with Crippen LogP contribution in [0.1, 0.15) is 34.6 Å². The summed E-state index contributed by atoms with van der Waals surface area (Å²) in [6.07, 6.45) is 2.76. The van der Waals surface area contributed by atoms with E-state index in [1.54, 1.807) is 0 Å². The van der Waals surface area contributed by atoms with E-state index in [4.69, 9.17) is 5.11 Å². The fourth-order valence-corrected chi connectivity index (χ4v) is 2.08. The Morgan fingerprint density at radius 1 is 1.25 bits per heavy atom. The van der Waals surface area contributed by atoms with Crippen LogP contribution in [-0.2, 0) is 0 Å². The molecule has 0 saturated carbocycles. The van der Waals surface area contributed by atoms with Gasteiger partial charge in [0.2, 0.25) is 0 Å². The zero-order valence-electron chi connectivity index (χ0n) is 11.7. The molecule has 5 heteroatoms. The van der Waals surface area contributed by atoms with Gasteiger partial charge in [0.1, 0.15) is 5.82 Å². The Morgan fingerprint density at radius 3 is 2.50 bits per heavy atom. The predicted octanol–water partition coefficient (Wildman–Crippen LogP) is 2.68. The quantitative estimate of drug-likeness (QED) is 0.926. The maximum Gasteiger partial charge on any atom is 0.356 e. The molecule has 1 atom stereocenters. The van der Waals surface area contributed by atoms with Gasteiger partial charge in [-0.25, -0.2) is 14.8 Å². The smallest absolute Gasteiger partial charge is 0.356 e. The molecule has 0 aliphatic carbocycles. The summed E-state index contributed by atoms with van der Waals surface area (Å²) in [6, 6.07) is 8.29. The summed E-state index contributed by atoms with van der Waals surface area (Å²) >= 11 is 0. The van der Waals surface area contributed by atoms with Crippen LogP contribution in [0.4, 0.5) is 5.82 Å². The molecule has 20 heavy (non-hydrogen) atoms. The molecule has 0 bridgehead atoms. The largest absolute Gasteiger partial charge is 0.476 e. The fourth-order valence-electron chi connectivity index (χ4n) is 2.08. The number of nitrogens with zero attached hydrogens (tertiary/aromatic N) is 3. The van der Waals surface area contributed by atoms with Gasteiger partial charge in [0, 0.05) is 7.05 Å². The predicted molar refractivity (Wildman–Crippen MR) is 77.0 cm³/mol. The first kappa shape index (κ1) is 14.0. The van der Waals surface area contributed by atoms with Crippen LogP contribution >= 0.6 is 0 Å². The van der Waals surface area contributed by atoms with E-state index < -0.39 is 5.97 Å². The highest BCUT2D eigenvalue weighted by molar-refractivity contribution is 5.84. The van der Waals surface area contributed by atoms with Crippen molar-refractivity contribution in [3.05, 3.63) is 53.5 Å². The van der Waals surface area contributed by atoms with Crippen molar-refractivity contribution < 1.29 is 9.90 Å². The van der Waals surface area contributed by atoms with Crippen LogP contribution in [0.25, 0.3) is 0 Å². The average Bonchev–Trinajstić information content (AvgIpc) is 2.46. The molecule has 0 saturated heterocycles. The number of benzene rings is 1. The lowest BCUT2D eigenvalue weighted by Gasteiger charge is -2.27. The molecule has 1 aromatic heterocycles. The molecule has 1 N–H and O–H groups in total. The number of carbonyl (C=O) groups is 1. The van der Waals surface area contributed by atoms with Gasteiger partial charge in [0.05, 0.1) is 18.4 Å². The molecule has 1 heterocycles. The van der Waals surface area contributed by atoms with E-state index in [1.807, 2.05) is 24.1 Å². The number of hydrogen-bond donors (Lipinski definition) is 1. The molecule has 1 aromatic carbocycles. The van der Waals surface area contributed by atoms with Gasteiger partial charge in [-0.05, 0) is 25.0 Å². The Bertz CT molecular complexity index is 611. The molecule has 2 aromatic rings. The topological polar surface area (TPSA) is 66.3 Å². The lowest BCUT2D eigenvalue weighted by atomic mass is 10.0. The van der Waals surface area contributed by atoms with Crippen molar-refractivity contribution in [3.63, 3.8) is 0 Å². The third-order valence-electron chi connectivity index (χ3n) is 3.44. The van der Waals surface area contributed by atoms with Gasteiger partial charge in [-0.2, -0.15) is 0 Å². The standard InChI is InChI=1S/C15H17N3O2/c1-10-6-4-5-7-12(10)11(2)18(3)14-9-16-13(8-17-14)15(19)20/h4-9,11H,1-3H3,(H,19,20). The number of carboxylic acids is 1. The highest BCUT2D eigenvalue weighted by Gasteiger charge is 2.16. The van der Waals surface area contributed by atoms with Crippen LogP contribution in [0.3, 0.4) is 0 Å². The first-order chi connectivity index (χ1) is 9.50. The van der Waals surface area contributed by atoms with Crippen LogP contribution in [-0.4, -0.2) is 28.1 Å². The Labute approximate surface area is 117 Å². The molecule has 104 valence electrons. The molecule has 0 amide bonds. The number of aromatic nitrogens is 2. The van der Waals surface area contributed by atoms with Gasteiger partial charge in [-0.3, -0.25) is 0 Å². The lowest BCUT2D eigenvalue weighted by Crippen LogP contribution is -2.23. The molecular weight excluding hydrogens is 254 g/mol. The third kappa shape index (κ3) is 2.77. The Hall–Kier alpha value is -2.43. The highest BCUT2D eigenvalue weighted by Crippen LogP contribution is 2.25. The van der Waals surface area contributed by atoms with E-state index in [1.165, 1.54) is 23.5 Å². The van der Waals surface area contributed by atoms with Crippen molar-refractivity contribution in [2.24, 2.45) is 0 Å². The van der Waals surface area contributed by atoms with Crippen LogP contribution in [0, 0.1) is 6.92 Å². The monoisotopic (exact) mass is 271 g/mol. The highest BCUT2D eigenvalue weighted by atomic mass is 16.4. The fraction of sp³-hybridized carbons (Fsp3) is 0.267. The minimum absolute atomic E-state index is 0.0503. The van der Waals surface area contributed by atoms with E-state index in [9.17, 15) is 4.79 Å². The molecule has 5 nitrogen and oxygen atoms in total. The second kappa shape index (κ2) is 5.69. The first-order valence-corrected chi connectivity index (χ1v) is 6.34. The summed E-state index contributed by atoms with van der Waals surface area (Å²) in [5.74, 6) is -0.426. The summed E-state index contributed by atoms with van der Waals surface area (Å²) in [7, 11) is 1.92. The Kier molecular flexibility index (Phi) is 3.98. The SMILES string of the molecule is Cc1ccccc1C(C)N(C)c1cnc(C(=O)O)cn1. The summed E-state index contributed by atoms with van der Waals surface area (Å²) < 4.78 is 0. The maximum absolute atomic E-state index is 10.8. The van der Waals surface area contributed by atoms with Gasteiger partial charge in [0.25, 0.3) is 0 Å². The van der Waals surface area contributed by atoms with Gasteiger partial charge in [-0.15, -0.1) is 0 Å². The number of hydrogen-bond acceptors (Lipinski definition) is 4. The van der Waals surface area contributed by atoms with Gasteiger partial charge in [-0.1, -0.05) is 24.3 Å². The Balaban J connectivity index is 2.24. The molecule has 0 fully saturated rings. The van der Waals surface area contributed by atoms with Crippen LogP contribution in [0.15, 0.2) is 36.7 Å². The van der Waals surface area contributed by atoms with E-state index in [0.29, 0.717) is 5.82 Å². The van der Waals surface area contributed by atoms with E-state index in [0.717, 1.165) is 0 Å². The molecule has 0 aliphatic rings. The molecule has 2 rings (SSSR count). The molecule has 0 aliphatic heterocycles. The second-order valence-corrected chi connectivity index (χ2v) is 4.71. The number of aromatic carboxylic acids is 1. The summed E-state index contributed by atoms with van der Waals surface area (Å²) in [5, 5.41) is 8.82. The minimum Gasteiger partial charge on any atom is -0.476 e. The number of rotatable bonds is 4. The Morgan fingerprint density at radius 2 is 1.95 bits per heavy atom. The minimum atomic E-state index is -1.07. The van der Waals surface area contributed by atoms with Crippen molar-refractivity contribution in [2.75, 3.05) is 11.9 Å². The number of anilines is 1.